The van der Waals surface area contributed by atoms with E-state index in [9.17, 15) is 9.90 Å². The standard InChI is InChI=1S/C18H20ClNO3/c1-14(12-21)20(11-16-9-5-6-10-17(16)19)18(22)23-13-15-7-3-2-4-8-15/h2-10,14,21H,11-13H2,1H3. The minimum atomic E-state index is -0.477. The summed E-state index contributed by atoms with van der Waals surface area (Å²) in [5.41, 5.74) is 1.72. The normalized spacial score (nSPS) is 11.8. The number of halogens is 1. The molecule has 1 N–H and O–H groups in total. The molecule has 0 heterocycles. The lowest BCUT2D eigenvalue weighted by Gasteiger charge is -2.27. The number of ether oxygens (including phenoxy) is 1. The molecule has 1 unspecified atom stereocenters. The SMILES string of the molecule is CC(CO)N(Cc1ccccc1Cl)C(=O)OCc1ccccc1. The Morgan fingerprint density at radius 2 is 1.83 bits per heavy atom. The third kappa shape index (κ3) is 4.98. The number of carbonyl (C=O) groups excluding carboxylic acids is 1. The van der Waals surface area contributed by atoms with Crippen LogP contribution < -0.4 is 0 Å². The van der Waals surface area contributed by atoms with Gasteiger partial charge in [-0.05, 0) is 24.1 Å². The van der Waals surface area contributed by atoms with Crippen molar-refractivity contribution in [3.8, 4) is 0 Å². The summed E-state index contributed by atoms with van der Waals surface area (Å²) in [5.74, 6) is 0. The predicted octanol–water partition coefficient (Wildman–Crippen LogP) is 3.86. The second-order valence-electron chi connectivity index (χ2n) is 5.29. The van der Waals surface area contributed by atoms with Crippen molar-refractivity contribution >= 4 is 17.7 Å². The van der Waals surface area contributed by atoms with Crippen LogP contribution in [0.25, 0.3) is 0 Å². The predicted molar refractivity (Wildman–Crippen MR) is 90.2 cm³/mol. The minimum absolute atomic E-state index is 0.148. The first kappa shape index (κ1) is 17.3. The molecule has 1 atom stereocenters. The lowest BCUT2D eigenvalue weighted by atomic mass is 10.2. The van der Waals surface area contributed by atoms with Gasteiger partial charge in [-0.15, -0.1) is 0 Å². The first-order chi connectivity index (χ1) is 11.1. The lowest BCUT2D eigenvalue weighted by molar-refractivity contribution is 0.0654. The number of rotatable bonds is 6. The molecule has 0 bridgehead atoms. The summed E-state index contributed by atoms with van der Waals surface area (Å²) in [7, 11) is 0. The van der Waals surface area contributed by atoms with Gasteiger partial charge in [-0.2, -0.15) is 0 Å². The Labute approximate surface area is 141 Å². The first-order valence-electron chi connectivity index (χ1n) is 7.43. The number of aliphatic hydroxyl groups is 1. The van der Waals surface area contributed by atoms with Crippen LogP contribution in [-0.2, 0) is 17.9 Å². The van der Waals surface area contributed by atoms with Gasteiger partial charge in [-0.1, -0.05) is 60.1 Å². The zero-order chi connectivity index (χ0) is 16.7. The van der Waals surface area contributed by atoms with Crippen molar-refractivity contribution in [2.24, 2.45) is 0 Å². The molecule has 0 aliphatic heterocycles. The second kappa shape index (κ2) is 8.56. The van der Waals surface area contributed by atoms with Crippen molar-refractivity contribution in [3.63, 3.8) is 0 Å². The van der Waals surface area contributed by atoms with Crippen molar-refractivity contribution in [2.75, 3.05) is 6.61 Å². The summed E-state index contributed by atoms with van der Waals surface area (Å²) in [6.45, 7) is 2.09. The molecule has 0 saturated heterocycles. The van der Waals surface area contributed by atoms with E-state index in [4.69, 9.17) is 16.3 Å². The van der Waals surface area contributed by atoms with Crippen molar-refractivity contribution in [1.29, 1.82) is 0 Å². The van der Waals surface area contributed by atoms with Gasteiger partial charge in [0.05, 0.1) is 19.2 Å². The molecule has 0 saturated carbocycles. The maximum absolute atomic E-state index is 12.4. The van der Waals surface area contributed by atoms with E-state index in [1.165, 1.54) is 4.90 Å². The Kier molecular flexibility index (Phi) is 6.44. The molecular weight excluding hydrogens is 314 g/mol. The average Bonchev–Trinajstić information content (AvgIpc) is 2.59. The molecule has 2 rings (SSSR count). The van der Waals surface area contributed by atoms with Crippen LogP contribution in [0.2, 0.25) is 5.02 Å². The number of hydrogen-bond donors (Lipinski definition) is 1. The van der Waals surface area contributed by atoms with E-state index < -0.39 is 6.09 Å². The molecule has 0 spiro atoms. The summed E-state index contributed by atoms with van der Waals surface area (Å²) in [4.78, 5) is 13.9. The number of nitrogens with zero attached hydrogens (tertiary/aromatic N) is 1. The van der Waals surface area contributed by atoms with Gasteiger partial charge in [0.25, 0.3) is 0 Å². The van der Waals surface area contributed by atoms with Crippen LogP contribution >= 0.6 is 11.6 Å². The van der Waals surface area contributed by atoms with E-state index in [-0.39, 0.29) is 25.8 Å². The van der Waals surface area contributed by atoms with Crippen molar-refractivity contribution < 1.29 is 14.6 Å². The molecule has 5 heteroatoms. The topological polar surface area (TPSA) is 49.8 Å². The smallest absolute Gasteiger partial charge is 0.410 e. The number of aliphatic hydroxyl groups excluding tert-OH is 1. The Morgan fingerprint density at radius 3 is 2.48 bits per heavy atom. The van der Waals surface area contributed by atoms with Gasteiger partial charge in [-0.3, -0.25) is 4.90 Å². The highest BCUT2D eigenvalue weighted by atomic mass is 35.5. The van der Waals surface area contributed by atoms with E-state index in [0.29, 0.717) is 5.02 Å². The molecule has 0 fully saturated rings. The zero-order valence-electron chi connectivity index (χ0n) is 13.0. The second-order valence-corrected chi connectivity index (χ2v) is 5.70. The van der Waals surface area contributed by atoms with Gasteiger partial charge in [0, 0.05) is 5.02 Å². The van der Waals surface area contributed by atoms with E-state index in [1.54, 1.807) is 13.0 Å². The van der Waals surface area contributed by atoms with Crippen LogP contribution in [0.15, 0.2) is 54.6 Å². The Hall–Kier alpha value is -2.04. The van der Waals surface area contributed by atoms with E-state index in [1.807, 2.05) is 48.5 Å². The average molecular weight is 334 g/mol. The fourth-order valence-corrected chi connectivity index (χ4v) is 2.31. The molecule has 122 valence electrons. The molecule has 0 aliphatic carbocycles. The third-order valence-electron chi connectivity index (χ3n) is 3.53. The van der Waals surface area contributed by atoms with Crippen molar-refractivity contribution in [2.45, 2.75) is 26.1 Å². The monoisotopic (exact) mass is 333 g/mol. The number of benzene rings is 2. The zero-order valence-corrected chi connectivity index (χ0v) is 13.7. The number of hydrogen-bond acceptors (Lipinski definition) is 3. The lowest BCUT2D eigenvalue weighted by Crippen LogP contribution is -2.40. The number of amides is 1. The van der Waals surface area contributed by atoms with Crippen LogP contribution in [0.1, 0.15) is 18.1 Å². The van der Waals surface area contributed by atoms with Crippen LogP contribution in [0.4, 0.5) is 4.79 Å². The van der Waals surface area contributed by atoms with Gasteiger partial charge in [0.15, 0.2) is 0 Å². The Morgan fingerprint density at radius 1 is 1.17 bits per heavy atom. The van der Waals surface area contributed by atoms with Crippen LogP contribution in [0.3, 0.4) is 0 Å². The maximum Gasteiger partial charge on any atom is 0.410 e. The summed E-state index contributed by atoms with van der Waals surface area (Å²) in [6, 6.07) is 16.4. The first-order valence-corrected chi connectivity index (χ1v) is 7.81. The summed E-state index contributed by atoms with van der Waals surface area (Å²) in [6.07, 6.45) is -0.477. The van der Waals surface area contributed by atoms with Gasteiger partial charge in [-0.25, -0.2) is 4.79 Å². The largest absolute Gasteiger partial charge is 0.445 e. The van der Waals surface area contributed by atoms with Gasteiger partial charge >= 0.3 is 6.09 Å². The molecule has 0 aromatic heterocycles. The Bertz CT molecular complexity index is 633. The molecule has 2 aromatic rings. The van der Waals surface area contributed by atoms with Crippen LogP contribution in [0.5, 0.6) is 0 Å². The van der Waals surface area contributed by atoms with Crippen molar-refractivity contribution in [1.82, 2.24) is 4.90 Å². The fourth-order valence-electron chi connectivity index (χ4n) is 2.11. The van der Waals surface area contributed by atoms with Gasteiger partial charge in [0.2, 0.25) is 0 Å². The highest BCUT2D eigenvalue weighted by molar-refractivity contribution is 6.31. The Balaban J connectivity index is 2.05. The molecule has 23 heavy (non-hydrogen) atoms. The molecule has 0 radical (unpaired) electrons. The van der Waals surface area contributed by atoms with Crippen molar-refractivity contribution in [3.05, 3.63) is 70.7 Å². The van der Waals surface area contributed by atoms with E-state index in [0.717, 1.165) is 11.1 Å². The maximum atomic E-state index is 12.4. The van der Waals surface area contributed by atoms with Crippen LogP contribution in [-0.4, -0.2) is 28.7 Å². The number of carbonyl (C=O) groups is 1. The summed E-state index contributed by atoms with van der Waals surface area (Å²) < 4.78 is 5.36. The van der Waals surface area contributed by atoms with E-state index >= 15 is 0 Å². The molecule has 2 aromatic carbocycles. The quantitative estimate of drug-likeness (QED) is 0.873. The third-order valence-corrected chi connectivity index (χ3v) is 3.90. The minimum Gasteiger partial charge on any atom is -0.445 e. The van der Waals surface area contributed by atoms with Crippen LogP contribution in [0, 0.1) is 0 Å². The summed E-state index contributed by atoms with van der Waals surface area (Å²) in [5, 5.41) is 9.99. The highest BCUT2D eigenvalue weighted by Gasteiger charge is 2.22. The summed E-state index contributed by atoms with van der Waals surface area (Å²) >= 11 is 6.15. The van der Waals surface area contributed by atoms with Gasteiger partial charge in [0.1, 0.15) is 6.61 Å². The highest BCUT2D eigenvalue weighted by Crippen LogP contribution is 2.19. The molecular formula is C18H20ClNO3. The van der Waals surface area contributed by atoms with E-state index in [2.05, 4.69) is 0 Å². The molecule has 0 aliphatic rings. The molecule has 1 amide bonds. The van der Waals surface area contributed by atoms with Gasteiger partial charge < -0.3 is 9.84 Å². The fraction of sp³-hybridized carbons (Fsp3) is 0.278. The molecule has 4 nitrogen and oxygen atoms in total.